The van der Waals surface area contributed by atoms with Crippen LogP contribution in [0.5, 0.6) is 0 Å². The fraction of sp³-hybridized carbons (Fsp3) is 0.538. The summed E-state index contributed by atoms with van der Waals surface area (Å²) < 4.78 is 31.9. The smallest absolute Gasteiger partial charge is 0.240 e. The fourth-order valence-electron chi connectivity index (χ4n) is 1.47. The Hall–Kier alpha value is -0.330. The van der Waals surface area contributed by atoms with Gasteiger partial charge in [-0.05, 0) is 30.5 Å². The zero-order valence-corrected chi connectivity index (χ0v) is 13.9. The van der Waals surface area contributed by atoms with Crippen LogP contribution in [0.3, 0.4) is 0 Å². The molecule has 0 amide bonds. The van der Waals surface area contributed by atoms with Crippen molar-refractivity contribution in [2.45, 2.75) is 25.2 Å². The van der Waals surface area contributed by atoms with Crippen LogP contribution in [0.25, 0.3) is 0 Å². The molecule has 0 aromatic heterocycles. The third-order valence-electron chi connectivity index (χ3n) is 2.36. The lowest BCUT2D eigenvalue weighted by molar-refractivity contribution is 0.108. The third-order valence-corrected chi connectivity index (χ3v) is 4.23. The predicted molar refractivity (Wildman–Crippen MR) is 81.9 cm³/mol. The number of halogens is 2. The molecule has 0 fully saturated rings. The standard InChI is InChI=1S/C13H19Cl2NO3S/c1-10(2)9-19-5-3-4-16-20(17,18)13-7-11(14)6-12(15)8-13/h6-8,10,16H,3-5,9H2,1-2H3. The van der Waals surface area contributed by atoms with Gasteiger partial charge in [0.25, 0.3) is 0 Å². The molecule has 114 valence electrons. The molecule has 1 aromatic carbocycles. The van der Waals surface area contributed by atoms with E-state index in [1.165, 1.54) is 18.2 Å². The molecule has 0 aliphatic rings. The Kier molecular flexibility index (Phi) is 7.26. The van der Waals surface area contributed by atoms with Gasteiger partial charge in [-0.1, -0.05) is 37.0 Å². The minimum Gasteiger partial charge on any atom is -0.381 e. The van der Waals surface area contributed by atoms with Gasteiger partial charge in [-0.3, -0.25) is 0 Å². The van der Waals surface area contributed by atoms with Gasteiger partial charge in [-0.15, -0.1) is 0 Å². The van der Waals surface area contributed by atoms with Crippen molar-refractivity contribution < 1.29 is 13.2 Å². The van der Waals surface area contributed by atoms with E-state index in [1.54, 1.807) is 0 Å². The lowest BCUT2D eigenvalue weighted by Crippen LogP contribution is -2.25. The van der Waals surface area contributed by atoms with Crippen LogP contribution in [0.1, 0.15) is 20.3 Å². The molecule has 0 bridgehead atoms. The summed E-state index contributed by atoms with van der Waals surface area (Å²) in [6, 6.07) is 4.22. The molecular weight excluding hydrogens is 321 g/mol. The van der Waals surface area contributed by atoms with Gasteiger partial charge in [-0.25, -0.2) is 13.1 Å². The predicted octanol–water partition coefficient (Wildman–Crippen LogP) is 3.33. The molecule has 0 spiro atoms. The molecule has 0 unspecified atom stereocenters. The summed E-state index contributed by atoms with van der Waals surface area (Å²) in [6.07, 6.45) is 0.611. The average molecular weight is 340 g/mol. The molecule has 4 nitrogen and oxygen atoms in total. The summed E-state index contributed by atoms with van der Waals surface area (Å²) >= 11 is 11.6. The van der Waals surface area contributed by atoms with E-state index in [2.05, 4.69) is 18.6 Å². The molecule has 0 heterocycles. The summed E-state index contributed by atoms with van der Waals surface area (Å²) in [4.78, 5) is 0.0677. The molecular formula is C13H19Cl2NO3S. The lowest BCUT2D eigenvalue weighted by atomic mass is 10.2. The molecule has 0 saturated carbocycles. The first-order valence-corrected chi connectivity index (χ1v) is 8.58. The Morgan fingerprint density at radius 2 is 1.80 bits per heavy atom. The maximum Gasteiger partial charge on any atom is 0.240 e. The van der Waals surface area contributed by atoms with Crippen molar-refractivity contribution >= 4 is 33.2 Å². The van der Waals surface area contributed by atoms with Gasteiger partial charge in [0.2, 0.25) is 10.0 Å². The van der Waals surface area contributed by atoms with Gasteiger partial charge in [-0.2, -0.15) is 0 Å². The summed E-state index contributed by atoms with van der Waals surface area (Å²) in [5.74, 6) is 0.472. The van der Waals surface area contributed by atoms with Crippen LogP contribution < -0.4 is 4.72 Å². The number of ether oxygens (including phenoxy) is 1. The molecule has 1 aromatic rings. The molecule has 1 N–H and O–H groups in total. The highest BCUT2D eigenvalue weighted by atomic mass is 35.5. The van der Waals surface area contributed by atoms with Gasteiger partial charge < -0.3 is 4.74 Å². The third kappa shape index (κ3) is 6.41. The molecule has 0 saturated heterocycles. The normalized spacial score (nSPS) is 12.1. The van der Waals surface area contributed by atoms with Crippen molar-refractivity contribution in [3.8, 4) is 0 Å². The Morgan fingerprint density at radius 1 is 1.20 bits per heavy atom. The Balaban J connectivity index is 2.46. The van der Waals surface area contributed by atoms with Crippen molar-refractivity contribution in [1.29, 1.82) is 0 Å². The molecule has 0 aliphatic heterocycles. The van der Waals surface area contributed by atoms with Crippen LogP contribution >= 0.6 is 23.2 Å². The Morgan fingerprint density at radius 3 is 2.35 bits per heavy atom. The number of benzene rings is 1. The first-order chi connectivity index (χ1) is 9.31. The van der Waals surface area contributed by atoms with Gasteiger partial charge in [0.15, 0.2) is 0 Å². The van der Waals surface area contributed by atoms with E-state index in [1.807, 2.05) is 0 Å². The number of hydrogen-bond acceptors (Lipinski definition) is 3. The summed E-state index contributed by atoms with van der Waals surface area (Å²) in [5, 5.41) is 0.580. The Bertz CT molecular complexity index is 512. The van der Waals surface area contributed by atoms with Crippen LogP contribution in [-0.2, 0) is 14.8 Å². The van der Waals surface area contributed by atoms with E-state index in [0.29, 0.717) is 32.1 Å². The largest absolute Gasteiger partial charge is 0.381 e. The van der Waals surface area contributed by atoms with E-state index < -0.39 is 10.0 Å². The zero-order valence-electron chi connectivity index (χ0n) is 11.5. The van der Waals surface area contributed by atoms with Crippen LogP contribution in [-0.4, -0.2) is 28.2 Å². The first kappa shape index (κ1) is 17.7. The van der Waals surface area contributed by atoms with Crippen LogP contribution in [0.4, 0.5) is 0 Å². The second-order valence-electron chi connectivity index (χ2n) is 4.83. The molecule has 0 radical (unpaired) electrons. The van der Waals surface area contributed by atoms with Crippen molar-refractivity contribution in [3.05, 3.63) is 28.2 Å². The van der Waals surface area contributed by atoms with Gasteiger partial charge in [0.05, 0.1) is 4.90 Å². The fourth-order valence-corrected chi connectivity index (χ4v) is 3.27. The highest BCUT2D eigenvalue weighted by Gasteiger charge is 2.14. The SMILES string of the molecule is CC(C)COCCCNS(=O)(=O)c1cc(Cl)cc(Cl)c1. The minimum atomic E-state index is -3.58. The summed E-state index contributed by atoms with van der Waals surface area (Å²) in [5.41, 5.74) is 0. The molecule has 1 rings (SSSR count). The summed E-state index contributed by atoms with van der Waals surface area (Å²) in [7, 11) is -3.58. The molecule has 20 heavy (non-hydrogen) atoms. The quantitative estimate of drug-likeness (QED) is 0.739. The van der Waals surface area contributed by atoms with Crippen molar-refractivity contribution in [1.82, 2.24) is 4.72 Å². The maximum atomic E-state index is 12.0. The summed E-state index contributed by atoms with van der Waals surface area (Å²) in [6.45, 7) is 5.63. The number of nitrogens with one attached hydrogen (secondary N) is 1. The van der Waals surface area contributed by atoms with Crippen LogP contribution in [0.2, 0.25) is 10.0 Å². The molecule has 0 atom stereocenters. The highest BCUT2D eigenvalue weighted by Crippen LogP contribution is 2.22. The van der Waals surface area contributed by atoms with Crippen molar-refractivity contribution in [3.63, 3.8) is 0 Å². The van der Waals surface area contributed by atoms with Crippen LogP contribution in [0.15, 0.2) is 23.1 Å². The van der Waals surface area contributed by atoms with Crippen molar-refractivity contribution in [2.24, 2.45) is 5.92 Å². The molecule has 7 heteroatoms. The second-order valence-corrected chi connectivity index (χ2v) is 7.47. The maximum absolute atomic E-state index is 12.0. The molecule has 0 aliphatic carbocycles. The van der Waals surface area contributed by atoms with E-state index in [0.717, 1.165) is 0 Å². The minimum absolute atomic E-state index is 0.0677. The second kappa shape index (κ2) is 8.20. The Labute approximate surface area is 130 Å². The number of hydrogen-bond donors (Lipinski definition) is 1. The van der Waals surface area contributed by atoms with Crippen LogP contribution in [0, 0.1) is 5.92 Å². The van der Waals surface area contributed by atoms with E-state index in [-0.39, 0.29) is 14.9 Å². The first-order valence-electron chi connectivity index (χ1n) is 6.35. The topological polar surface area (TPSA) is 55.4 Å². The van der Waals surface area contributed by atoms with Crippen molar-refractivity contribution in [2.75, 3.05) is 19.8 Å². The lowest BCUT2D eigenvalue weighted by Gasteiger charge is -2.09. The zero-order chi connectivity index (χ0) is 15.2. The van der Waals surface area contributed by atoms with Gasteiger partial charge >= 0.3 is 0 Å². The number of rotatable bonds is 8. The number of sulfonamides is 1. The van der Waals surface area contributed by atoms with E-state index in [9.17, 15) is 8.42 Å². The monoisotopic (exact) mass is 339 g/mol. The van der Waals surface area contributed by atoms with Gasteiger partial charge in [0.1, 0.15) is 0 Å². The van der Waals surface area contributed by atoms with Gasteiger partial charge in [0, 0.05) is 29.8 Å². The highest BCUT2D eigenvalue weighted by molar-refractivity contribution is 7.89. The van der Waals surface area contributed by atoms with E-state index >= 15 is 0 Å². The van der Waals surface area contributed by atoms with E-state index in [4.69, 9.17) is 27.9 Å². The average Bonchev–Trinajstić information content (AvgIpc) is 2.32.